The van der Waals surface area contributed by atoms with Gasteiger partial charge in [-0.2, -0.15) is 0 Å². The van der Waals surface area contributed by atoms with Gasteiger partial charge in [-0.05, 0) is 32.7 Å². The average molecular weight is 501 g/mol. The van der Waals surface area contributed by atoms with Crippen molar-refractivity contribution in [3.05, 3.63) is 0 Å². The molecule has 0 fully saturated rings. The van der Waals surface area contributed by atoms with Gasteiger partial charge in [0.1, 0.15) is 6.04 Å². The molecule has 1 radical (unpaired) electrons. The molecule has 0 unspecified atom stereocenters. The van der Waals surface area contributed by atoms with E-state index in [4.69, 9.17) is 16.6 Å². The molecule has 15 heteroatoms. The zero-order valence-electron chi connectivity index (χ0n) is 19.8. The molecule has 0 aromatic carbocycles. The third-order valence-corrected chi connectivity index (χ3v) is 4.48. The van der Waals surface area contributed by atoms with Crippen LogP contribution >= 0.6 is 0 Å². The number of amides is 5. The van der Waals surface area contributed by atoms with E-state index in [1.165, 1.54) is 14.0 Å². The molecular weight excluding hydrogens is 466 g/mol. The number of nitrogens with one attached hydrogen (secondary N) is 4. The average Bonchev–Trinajstić information content (AvgIpc) is 2.79. The minimum absolute atomic E-state index is 0.322. The molecule has 0 heterocycles. The van der Waals surface area contributed by atoms with Gasteiger partial charge in [-0.1, -0.05) is 0 Å². The Bertz CT molecular complexity index is 775. The number of hydrogen-bond acceptors (Lipinski definition) is 9. The third-order valence-electron chi connectivity index (χ3n) is 4.48. The van der Waals surface area contributed by atoms with Crippen LogP contribution in [0.25, 0.3) is 0 Å². The molecule has 0 aliphatic carbocycles. The van der Waals surface area contributed by atoms with Crippen molar-refractivity contribution in [1.29, 1.82) is 0 Å². The highest BCUT2D eigenvalue weighted by molar-refractivity contribution is 5.94. The summed E-state index contributed by atoms with van der Waals surface area (Å²) in [6.07, 6.45) is 2.48. The molecule has 0 aliphatic rings. The Balaban J connectivity index is 4.82. The molecule has 0 rings (SSSR count). The fourth-order valence-corrected chi connectivity index (χ4v) is 2.64. The number of carbonyl (C=O) groups excluding carboxylic acids is 6. The van der Waals surface area contributed by atoms with Crippen LogP contribution in [0.2, 0.25) is 0 Å². The van der Waals surface area contributed by atoms with Crippen molar-refractivity contribution >= 4 is 41.8 Å². The second-order valence-electron chi connectivity index (χ2n) is 7.72. The Morgan fingerprint density at radius 3 is 2.14 bits per heavy atom. The van der Waals surface area contributed by atoms with Gasteiger partial charge in [0, 0.05) is 7.05 Å². The lowest BCUT2D eigenvalue weighted by Gasteiger charge is -2.24. The second kappa shape index (κ2) is 16.9. The van der Waals surface area contributed by atoms with E-state index in [1.807, 2.05) is 0 Å². The highest BCUT2D eigenvalue weighted by Crippen LogP contribution is 2.01. The number of hydrogen-bond donors (Lipinski definition) is 7. The molecule has 0 spiro atoms. The van der Waals surface area contributed by atoms with Gasteiger partial charge < -0.3 is 42.7 Å². The highest BCUT2D eigenvalue weighted by atomic mass is 16.4. The maximum Gasteiger partial charge on any atom is 0.305 e. The van der Waals surface area contributed by atoms with E-state index < -0.39 is 79.7 Å². The van der Waals surface area contributed by atoms with E-state index in [2.05, 4.69) is 21.3 Å². The van der Waals surface area contributed by atoms with E-state index in [1.54, 1.807) is 6.29 Å². The van der Waals surface area contributed by atoms with Crippen molar-refractivity contribution in [3.63, 3.8) is 0 Å². The van der Waals surface area contributed by atoms with Gasteiger partial charge in [-0.25, -0.2) is 0 Å². The molecule has 35 heavy (non-hydrogen) atoms. The fourth-order valence-electron chi connectivity index (χ4n) is 2.64. The predicted molar refractivity (Wildman–Crippen MR) is 122 cm³/mol. The maximum atomic E-state index is 12.6. The third kappa shape index (κ3) is 14.3. The minimum Gasteiger partial charge on any atom is -0.481 e. The largest absolute Gasteiger partial charge is 0.481 e. The Morgan fingerprint density at radius 1 is 0.971 bits per heavy atom. The first-order chi connectivity index (χ1) is 16.4. The number of carbonyl (C=O) groups is 6. The Kier molecular flexibility index (Phi) is 15.2. The summed E-state index contributed by atoms with van der Waals surface area (Å²) in [5.74, 6) is -5.09. The number of carboxylic acids is 1. The highest BCUT2D eigenvalue weighted by Gasteiger charge is 2.28. The van der Waals surface area contributed by atoms with Crippen molar-refractivity contribution in [2.45, 2.75) is 50.7 Å². The van der Waals surface area contributed by atoms with Crippen molar-refractivity contribution < 1.29 is 38.7 Å². The summed E-state index contributed by atoms with van der Waals surface area (Å²) >= 11 is 0. The summed E-state index contributed by atoms with van der Waals surface area (Å²) in [4.78, 5) is 83.0. The Labute approximate surface area is 202 Å². The molecule has 0 bridgehead atoms. The molecule has 3 atom stereocenters. The van der Waals surface area contributed by atoms with Crippen LogP contribution in [0.15, 0.2) is 0 Å². The standard InChI is InChI=1S/C20H34N7O8/c1-12(22)19(34)24-8-15(29)23-9-16(30)26-14(7-18(32)33)20(35)27(2)10-17(31)25-13(11-28)5-3-4-6-21/h12-14H,3-10,21-22H2,1-2H3,(H,23,29)(H,24,34)(H,25,31)(H,26,30)(H,32,33)/t12-,13-,14-/m0/s1. The molecule has 197 valence electrons. The van der Waals surface area contributed by atoms with Crippen LogP contribution in [-0.4, -0.2) is 103 Å². The molecular formula is C20H34N7O8. The maximum absolute atomic E-state index is 12.6. The summed E-state index contributed by atoms with van der Waals surface area (Å²) in [7, 11) is 1.22. The lowest BCUT2D eigenvalue weighted by molar-refractivity contribution is -0.144. The number of rotatable bonds is 17. The van der Waals surface area contributed by atoms with Gasteiger partial charge in [0.15, 0.2) is 0 Å². The van der Waals surface area contributed by atoms with Gasteiger partial charge in [0.05, 0.1) is 38.1 Å². The summed E-state index contributed by atoms with van der Waals surface area (Å²) < 4.78 is 0. The minimum atomic E-state index is -1.52. The van der Waals surface area contributed by atoms with Crippen LogP contribution in [0.5, 0.6) is 0 Å². The van der Waals surface area contributed by atoms with Gasteiger partial charge >= 0.3 is 5.97 Å². The first kappa shape index (κ1) is 31.4. The summed E-state index contributed by atoms with van der Waals surface area (Å²) in [6.45, 7) is 0.315. The van der Waals surface area contributed by atoms with Gasteiger partial charge in [-0.15, -0.1) is 0 Å². The van der Waals surface area contributed by atoms with Gasteiger partial charge in [0.2, 0.25) is 35.8 Å². The van der Waals surface area contributed by atoms with Crippen molar-refractivity contribution in [2.24, 2.45) is 11.5 Å². The molecule has 0 aliphatic heterocycles. The zero-order valence-corrected chi connectivity index (χ0v) is 19.8. The van der Waals surface area contributed by atoms with Crippen molar-refractivity contribution in [1.82, 2.24) is 26.2 Å². The molecule has 15 nitrogen and oxygen atoms in total. The number of nitrogens with two attached hydrogens (primary N) is 2. The lowest BCUT2D eigenvalue weighted by atomic mass is 10.1. The molecule has 0 aromatic heterocycles. The smallest absolute Gasteiger partial charge is 0.305 e. The Morgan fingerprint density at radius 2 is 1.60 bits per heavy atom. The molecule has 0 aromatic rings. The topological polar surface area (TPSA) is 243 Å². The van der Waals surface area contributed by atoms with Crippen LogP contribution < -0.4 is 32.7 Å². The van der Waals surface area contributed by atoms with E-state index in [-0.39, 0.29) is 0 Å². The second-order valence-corrected chi connectivity index (χ2v) is 7.72. The number of carboxylic acid groups (broad SMARTS) is 1. The van der Waals surface area contributed by atoms with Crippen LogP contribution in [0.3, 0.4) is 0 Å². The van der Waals surface area contributed by atoms with Crippen LogP contribution in [0, 0.1) is 0 Å². The van der Waals surface area contributed by atoms with E-state index >= 15 is 0 Å². The van der Waals surface area contributed by atoms with E-state index in [0.29, 0.717) is 25.8 Å². The monoisotopic (exact) mass is 500 g/mol. The van der Waals surface area contributed by atoms with Crippen LogP contribution in [0.4, 0.5) is 0 Å². The zero-order chi connectivity index (χ0) is 27.0. The number of unbranched alkanes of at least 4 members (excludes halogenated alkanes) is 1. The first-order valence-electron chi connectivity index (χ1n) is 10.8. The van der Waals surface area contributed by atoms with Gasteiger partial charge in [-0.3, -0.25) is 33.6 Å². The quantitative estimate of drug-likeness (QED) is 0.0947. The summed E-state index contributed by atoms with van der Waals surface area (Å²) in [6, 6.07) is -3.23. The summed E-state index contributed by atoms with van der Waals surface area (Å²) in [5, 5.41) is 18.1. The normalized spacial score (nSPS) is 12.9. The van der Waals surface area contributed by atoms with E-state index in [0.717, 1.165) is 4.90 Å². The fraction of sp³-hybridized carbons (Fsp3) is 0.650. The van der Waals surface area contributed by atoms with Gasteiger partial charge in [0.25, 0.3) is 0 Å². The summed E-state index contributed by atoms with van der Waals surface area (Å²) in [5.41, 5.74) is 10.7. The first-order valence-corrected chi connectivity index (χ1v) is 10.8. The number of aliphatic carboxylic acids is 1. The molecule has 5 amide bonds. The molecule has 0 saturated heterocycles. The van der Waals surface area contributed by atoms with E-state index in [9.17, 15) is 33.6 Å². The number of nitrogens with zero attached hydrogens (tertiary/aromatic N) is 1. The van der Waals surface area contributed by atoms with Crippen LogP contribution in [-0.2, 0) is 33.6 Å². The van der Waals surface area contributed by atoms with Crippen molar-refractivity contribution in [3.8, 4) is 0 Å². The molecule has 9 N–H and O–H groups in total. The SMILES string of the molecule is C[C@H](N)C(=O)NCC(=O)NCC(=O)N[C@@H](CC(=O)O)C(=O)N(C)CC(=O)N[C@H]([C]=O)CCCCN. The van der Waals surface area contributed by atoms with Crippen molar-refractivity contribution in [2.75, 3.05) is 33.2 Å². The molecule has 0 saturated carbocycles. The predicted octanol–water partition coefficient (Wildman–Crippen LogP) is -4.29. The van der Waals surface area contributed by atoms with Crippen LogP contribution in [0.1, 0.15) is 32.6 Å². The Hall–Kier alpha value is -3.59. The lowest BCUT2D eigenvalue weighted by Crippen LogP contribution is -2.53. The number of likely N-dealkylation sites (N-methyl/N-ethyl adjacent to an activating group) is 1.